The van der Waals surface area contributed by atoms with Crippen LogP contribution in [0.2, 0.25) is 0 Å². The number of unbranched alkanes of at least 4 members (excludes halogenated alkanes) is 1. The number of carbonyl (C=O) groups excluding carboxylic acids is 1. The minimum absolute atomic E-state index is 0.165. The average Bonchev–Trinajstić information content (AvgIpc) is 2.81. The van der Waals surface area contributed by atoms with Gasteiger partial charge in [0.2, 0.25) is 0 Å². The van der Waals surface area contributed by atoms with E-state index in [1.807, 2.05) is 6.92 Å². The number of ether oxygens (including phenoxy) is 3. The van der Waals surface area contributed by atoms with Crippen LogP contribution in [0, 0.1) is 0 Å². The fraction of sp³-hybridized carbons (Fsp3) is 0.947. The van der Waals surface area contributed by atoms with E-state index in [1.165, 1.54) is 4.90 Å². The molecule has 0 aromatic carbocycles. The first-order valence-electron chi connectivity index (χ1n) is 10.9. The van der Waals surface area contributed by atoms with Crippen LogP contribution in [-0.4, -0.2) is 140 Å². The molecule has 0 saturated carbocycles. The Hall–Kier alpha value is -0.840. The molecule has 0 aromatic rings. The van der Waals surface area contributed by atoms with Crippen LogP contribution >= 0.6 is 11.6 Å². The zero-order valence-corrected chi connectivity index (χ0v) is 19.1. The van der Waals surface area contributed by atoms with E-state index in [2.05, 4.69) is 5.32 Å². The van der Waals surface area contributed by atoms with Gasteiger partial charge in [0.1, 0.15) is 48.8 Å². The van der Waals surface area contributed by atoms with Gasteiger partial charge in [-0.25, -0.2) is 4.79 Å². The molecule has 33 heavy (non-hydrogen) atoms. The highest BCUT2D eigenvalue weighted by Gasteiger charge is 2.51. The second kappa shape index (κ2) is 13.3. The number of carbonyl (C=O) groups is 1. The van der Waals surface area contributed by atoms with Gasteiger partial charge in [-0.2, -0.15) is 0 Å². The summed E-state index contributed by atoms with van der Waals surface area (Å²) in [4.78, 5) is 13.8. The van der Waals surface area contributed by atoms with Crippen LogP contribution in [0.1, 0.15) is 19.8 Å². The lowest BCUT2D eigenvalue weighted by Crippen LogP contribution is -2.67. The summed E-state index contributed by atoms with van der Waals surface area (Å²) in [6.07, 6.45) is -14.0. The van der Waals surface area contributed by atoms with Gasteiger partial charge in [-0.15, -0.1) is 11.6 Å². The number of aliphatic hydroxyl groups is 7. The Morgan fingerprint density at radius 2 is 1.64 bits per heavy atom. The summed E-state index contributed by atoms with van der Waals surface area (Å²) in [5.74, 6) is 0.165. The third-order valence-electron chi connectivity index (χ3n) is 5.67. The van der Waals surface area contributed by atoms with Crippen molar-refractivity contribution in [2.75, 3.05) is 32.2 Å². The van der Waals surface area contributed by atoms with Crippen molar-refractivity contribution >= 4 is 17.6 Å². The molecule has 1 unspecified atom stereocenters. The van der Waals surface area contributed by atoms with E-state index < -0.39 is 80.6 Å². The van der Waals surface area contributed by atoms with E-state index in [0.717, 1.165) is 6.42 Å². The Kier molecular flexibility index (Phi) is 11.4. The number of nitrogens with zero attached hydrogens (tertiary/aromatic N) is 1. The highest BCUT2D eigenvalue weighted by atomic mass is 35.5. The third kappa shape index (κ3) is 6.64. The van der Waals surface area contributed by atoms with Crippen LogP contribution in [0.25, 0.3) is 0 Å². The van der Waals surface area contributed by atoms with Crippen molar-refractivity contribution in [2.24, 2.45) is 0 Å². The van der Waals surface area contributed by atoms with Crippen molar-refractivity contribution in [1.82, 2.24) is 10.2 Å². The molecule has 194 valence electrons. The molecule has 14 heteroatoms. The van der Waals surface area contributed by atoms with Crippen molar-refractivity contribution < 1.29 is 54.8 Å². The minimum atomic E-state index is -1.76. The number of hydrogen-bond acceptors (Lipinski definition) is 11. The van der Waals surface area contributed by atoms with E-state index in [9.17, 15) is 40.5 Å². The molecule has 8 N–H and O–H groups in total. The van der Waals surface area contributed by atoms with E-state index in [0.29, 0.717) is 6.42 Å². The van der Waals surface area contributed by atoms with Gasteiger partial charge in [0.25, 0.3) is 0 Å². The summed E-state index contributed by atoms with van der Waals surface area (Å²) in [6, 6.07) is -0.578. The number of hydrogen-bond donors (Lipinski definition) is 8. The highest BCUT2D eigenvalue weighted by Crippen LogP contribution is 2.30. The number of amides is 2. The first-order valence-corrected chi connectivity index (χ1v) is 11.4. The number of urea groups is 1. The first-order chi connectivity index (χ1) is 15.7. The lowest BCUT2D eigenvalue weighted by molar-refractivity contribution is -0.347. The maximum Gasteiger partial charge on any atom is 0.319 e. The van der Waals surface area contributed by atoms with Gasteiger partial charge >= 0.3 is 6.03 Å². The lowest BCUT2D eigenvalue weighted by Gasteiger charge is -2.48. The summed E-state index contributed by atoms with van der Waals surface area (Å²) in [7, 11) is 0. The Labute approximate surface area is 196 Å². The quantitative estimate of drug-likeness (QED) is 0.139. The summed E-state index contributed by atoms with van der Waals surface area (Å²) in [5.41, 5.74) is 0. The Bertz CT molecular complexity index is 602. The fourth-order valence-corrected chi connectivity index (χ4v) is 3.85. The monoisotopic (exact) mass is 502 g/mol. The van der Waals surface area contributed by atoms with Crippen LogP contribution in [0.3, 0.4) is 0 Å². The van der Waals surface area contributed by atoms with Crippen molar-refractivity contribution in [2.45, 2.75) is 81.1 Å². The molecule has 0 bridgehead atoms. The summed E-state index contributed by atoms with van der Waals surface area (Å²) >= 11 is 5.62. The van der Waals surface area contributed by atoms with Crippen molar-refractivity contribution in [3.05, 3.63) is 0 Å². The van der Waals surface area contributed by atoms with E-state index in [-0.39, 0.29) is 19.0 Å². The zero-order valence-electron chi connectivity index (χ0n) is 18.3. The molecule has 0 aliphatic carbocycles. The van der Waals surface area contributed by atoms with Gasteiger partial charge in [0, 0.05) is 19.0 Å². The first kappa shape index (κ1) is 28.4. The van der Waals surface area contributed by atoms with Gasteiger partial charge in [0.05, 0.1) is 13.2 Å². The minimum Gasteiger partial charge on any atom is -0.394 e. The molecule has 10 atom stereocenters. The number of aliphatic hydroxyl groups excluding tert-OH is 7. The predicted octanol–water partition coefficient (Wildman–Crippen LogP) is -3.34. The van der Waals surface area contributed by atoms with Gasteiger partial charge in [0.15, 0.2) is 12.5 Å². The standard InChI is InChI=1S/C19H35ClN2O11/c1-2-3-6-22(19(30)21-5-4-20)17-14(28)13(27)16(10(8-24)31-17)33-18-15(29)12(26)11(25)9(7-23)32-18/h9-18,23-29H,2-8H2,1H3,(H,21,30)/t9-,10-,11+,12+,13-,14-,15-,16-,17?,18+/m1/s1. The van der Waals surface area contributed by atoms with Crippen LogP contribution < -0.4 is 5.32 Å². The van der Waals surface area contributed by atoms with Crippen LogP contribution in [0.15, 0.2) is 0 Å². The van der Waals surface area contributed by atoms with Crippen molar-refractivity contribution in [3.8, 4) is 0 Å². The molecule has 2 aliphatic rings. The number of halogens is 1. The molecular weight excluding hydrogens is 468 g/mol. The Morgan fingerprint density at radius 1 is 0.970 bits per heavy atom. The number of rotatable bonds is 10. The van der Waals surface area contributed by atoms with Crippen molar-refractivity contribution in [3.63, 3.8) is 0 Å². The molecule has 13 nitrogen and oxygen atoms in total. The molecule has 2 heterocycles. The van der Waals surface area contributed by atoms with Gasteiger partial charge < -0.3 is 55.3 Å². The van der Waals surface area contributed by atoms with E-state index in [4.69, 9.17) is 25.8 Å². The van der Waals surface area contributed by atoms with E-state index >= 15 is 0 Å². The second-order valence-corrected chi connectivity index (χ2v) is 8.37. The normalized spacial score (nSPS) is 39.3. The largest absolute Gasteiger partial charge is 0.394 e. The lowest BCUT2D eigenvalue weighted by atomic mass is 9.96. The van der Waals surface area contributed by atoms with Crippen molar-refractivity contribution in [1.29, 1.82) is 0 Å². The SMILES string of the molecule is CCCCN(C(=O)NCCCl)C1O[C@H](CO)[C@@H](O[C@@H]2O[C@H](CO)[C@H](O)[C@H](O)[C@H]2O)[C@H](O)[C@H]1O. The molecule has 0 aromatic heterocycles. The second-order valence-electron chi connectivity index (χ2n) is 7.99. The van der Waals surface area contributed by atoms with Crippen LogP contribution in [0.4, 0.5) is 4.79 Å². The summed E-state index contributed by atoms with van der Waals surface area (Å²) in [6.45, 7) is 0.887. The third-order valence-corrected chi connectivity index (χ3v) is 5.86. The van der Waals surface area contributed by atoms with Gasteiger partial charge in [-0.1, -0.05) is 13.3 Å². The van der Waals surface area contributed by atoms with Gasteiger partial charge in [-0.05, 0) is 6.42 Å². The zero-order chi connectivity index (χ0) is 24.7. The topological polar surface area (TPSA) is 202 Å². The maximum absolute atomic E-state index is 12.6. The number of nitrogens with one attached hydrogen (secondary N) is 1. The Morgan fingerprint density at radius 3 is 2.21 bits per heavy atom. The van der Waals surface area contributed by atoms with Gasteiger partial charge in [-0.3, -0.25) is 4.90 Å². The molecule has 2 saturated heterocycles. The molecule has 2 amide bonds. The molecule has 2 rings (SSSR count). The molecule has 2 fully saturated rings. The average molecular weight is 503 g/mol. The smallest absolute Gasteiger partial charge is 0.319 e. The molecular formula is C19H35ClN2O11. The molecule has 0 radical (unpaired) electrons. The van der Waals surface area contributed by atoms with Crippen LogP contribution in [0.5, 0.6) is 0 Å². The summed E-state index contributed by atoms with van der Waals surface area (Å²) < 4.78 is 16.5. The van der Waals surface area contributed by atoms with E-state index in [1.54, 1.807) is 0 Å². The maximum atomic E-state index is 12.6. The fourth-order valence-electron chi connectivity index (χ4n) is 3.76. The Balaban J connectivity index is 2.19. The molecule has 0 spiro atoms. The molecule has 2 aliphatic heterocycles. The van der Waals surface area contributed by atoms with Crippen LogP contribution in [-0.2, 0) is 14.2 Å². The highest BCUT2D eigenvalue weighted by molar-refractivity contribution is 6.18. The number of alkyl halides is 1. The summed E-state index contributed by atoms with van der Waals surface area (Å²) in [5, 5.41) is 73.3. The predicted molar refractivity (Wildman–Crippen MR) is 112 cm³/mol.